The number of ketones is 1. The minimum atomic E-state index is -0.359. The van der Waals surface area contributed by atoms with E-state index in [1.165, 1.54) is 13.0 Å². The Morgan fingerprint density at radius 1 is 1.23 bits per heavy atom. The predicted molar refractivity (Wildman–Crippen MR) is 119 cm³/mol. The molecule has 4 nitrogen and oxygen atoms in total. The summed E-state index contributed by atoms with van der Waals surface area (Å²) >= 11 is 6.19. The lowest BCUT2D eigenvalue weighted by molar-refractivity contribution is 0.101. The van der Waals surface area contributed by atoms with Gasteiger partial charge in [0.15, 0.2) is 5.78 Å². The van der Waals surface area contributed by atoms with Gasteiger partial charge < -0.3 is 10.4 Å². The molecular formula is C24H24ClFN2O2. The smallest absolute Gasteiger partial charge is 0.163 e. The van der Waals surface area contributed by atoms with Gasteiger partial charge in [-0.1, -0.05) is 17.7 Å². The molecule has 1 heterocycles. The largest absolute Gasteiger partial charge is 0.393 e. The number of benzene rings is 2. The van der Waals surface area contributed by atoms with Crippen molar-refractivity contribution in [3.63, 3.8) is 0 Å². The Morgan fingerprint density at radius 3 is 2.73 bits per heavy atom. The summed E-state index contributed by atoms with van der Waals surface area (Å²) in [5, 5.41) is 14.7. The van der Waals surface area contributed by atoms with E-state index in [-0.39, 0.29) is 23.7 Å². The number of aliphatic hydroxyl groups is 1. The topological polar surface area (TPSA) is 62.2 Å². The van der Waals surface area contributed by atoms with Crippen LogP contribution in [0, 0.1) is 12.7 Å². The normalized spacial score (nSPS) is 19.1. The molecule has 0 spiro atoms. The Labute approximate surface area is 180 Å². The quantitative estimate of drug-likeness (QED) is 0.508. The number of halogens is 2. The van der Waals surface area contributed by atoms with Gasteiger partial charge in [-0.25, -0.2) is 4.39 Å². The lowest BCUT2D eigenvalue weighted by Gasteiger charge is -2.28. The highest BCUT2D eigenvalue weighted by molar-refractivity contribution is 6.31. The van der Waals surface area contributed by atoms with Gasteiger partial charge in [0.1, 0.15) is 5.82 Å². The van der Waals surface area contributed by atoms with Gasteiger partial charge in [0.05, 0.1) is 22.9 Å². The molecule has 2 atom stereocenters. The molecule has 2 N–H and O–H groups in total. The number of aliphatic hydroxyl groups excluding tert-OH is 1. The summed E-state index contributed by atoms with van der Waals surface area (Å²) in [5.41, 5.74) is 3.83. The zero-order chi connectivity index (χ0) is 21.4. The molecule has 0 amide bonds. The molecule has 0 radical (unpaired) electrons. The number of anilines is 1. The molecule has 1 aliphatic rings. The Balaban J connectivity index is 1.84. The molecule has 1 fully saturated rings. The molecular weight excluding hydrogens is 403 g/mol. The number of hydrogen-bond donors (Lipinski definition) is 2. The molecule has 0 aliphatic heterocycles. The summed E-state index contributed by atoms with van der Waals surface area (Å²) in [6.45, 7) is 3.16. The zero-order valence-electron chi connectivity index (χ0n) is 17.0. The van der Waals surface area contributed by atoms with Gasteiger partial charge in [-0.15, -0.1) is 0 Å². The summed E-state index contributed by atoms with van der Waals surface area (Å²) in [5.74, 6) is -0.444. The number of aromatic nitrogens is 1. The summed E-state index contributed by atoms with van der Waals surface area (Å²) in [7, 11) is 0. The second-order valence-electron chi connectivity index (χ2n) is 8.06. The fraction of sp³-hybridized carbons (Fsp3) is 0.333. The first-order chi connectivity index (χ1) is 14.3. The van der Waals surface area contributed by atoms with Crippen LogP contribution in [-0.4, -0.2) is 28.0 Å². The molecule has 30 heavy (non-hydrogen) atoms. The number of nitrogens with one attached hydrogen (secondary N) is 1. The Bertz CT molecular complexity index is 1110. The third kappa shape index (κ3) is 4.05. The van der Waals surface area contributed by atoms with Crippen molar-refractivity contribution < 1.29 is 14.3 Å². The summed E-state index contributed by atoms with van der Waals surface area (Å²) < 4.78 is 14.3. The highest BCUT2D eigenvalue weighted by Crippen LogP contribution is 2.34. The second kappa shape index (κ2) is 8.32. The first kappa shape index (κ1) is 20.8. The maximum atomic E-state index is 14.3. The van der Waals surface area contributed by atoms with Gasteiger partial charge in [0.2, 0.25) is 0 Å². The van der Waals surface area contributed by atoms with Crippen LogP contribution in [0.25, 0.3) is 22.0 Å². The van der Waals surface area contributed by atoms with Gasteiger partial charge in [0.25, 0.3) is 0 Å². The van der Waals surface area contributed by atoms with Crippen molar-refractivity contribution in [3.05, 3.63) is 58.5 Å². The van der Waals surface area contributed by atoms with Gasteiger partial charge in [-0.05, 0) is 74.9 Å². The Hall–Kier alpha value is -2.50. The standard InChI is InChI=1S/C24H24ClFN2O2/c1-13-21(25)9-16(10-22(13)26)15-6-7-23-19(8-15)24(20(12-27-23)14(2)29)28-17-4-3-5-18(30)11-17/h6-10,12,17-18,30H,3-5,11H2,1-2H3,(H,27,28)/t17-,18-/m0/s1. The van der Waals surface area contributed by atoms with E-state index in [0.717, 1.165) is 35.7 Å². The molecule has 1 aliphatic carbocycles. The molecule has 0 bridgehead atoms. The number of hydrogen-bond acceptors (Lipinski definition) is 4. The van der Waals surface area contributed by atoms with E-state index < -0.39 is 0 Å². The van der Waals surface area contributed by atoms with Gasteiger partial charge in [0, 0.05) is 28.2 Å². The fourth-order valence-corrected chi connectivity index (χ4v) is 4.31. The number of nitrogens with zero attached hydrogens (tertiary/aromatic N) is 1. The maximum Gasteiger partial charge on any atom is 0.163 e. The van der Waals surface area contributed by atoms with Gasteiger partial charge >= 0.3 is 0 Å². The molecule has 3 aromatic rings. The van der Waals surface area contributed by atoms with Crippen molar-refractivity contribution in [3.8, 4) is 11.1 Å². The average molecular weight is 427 g/mol. The van der Waals surface area contributed by atoms with Crippen LogP contribution in [0.1, 0.15) is 48.5 Å². The Kier molecular flexibility index (Phi) is 5.76. The van der Waals surface area contributed by atoms with Gasteiger partial charge in [-0.2, -0.15) is 0 Å². The van der Waals surface area contributed by atoms with Gasteiger partial charge in [-0.3, -0.25) is 9.78 Å². The van der Waals surface area contributed by atoms with Crippen LogP contribution in [0.4, 0.5) is 10.1 Å². The monoisotopic (exact) mass is 426 g/mol. The minimum absolute atomic E-state index is 0.0763. The average Bonchev–Trinajstić information content (AvgIpc) is 2.71. The zero-order valence-corrected chi connectivity index (χ0v) is 17.8. The van der Waals surface area contributed by atoms with Crippen LogP contribution in [0.3, 0.4) is 0 Å². The second-order valence-corrected chi connectivity index (χ2v) is 8.47. The number of pyridine rings is 1. The molecule has 0 saturated heterocycles. The van der Waals surface area contributed by atoms with E-state index >= 15 is 0 Å². The van der Waals surface area contributed by atoms with Crippen LogP contribution < -0.4 is 5.32 Å². The predicted octanol–water partition coefficient (Wildman–Crippen LogP) is 5.92. The van der Waals surface area contributed by atoms with E-state index in [9.17, 15) is 14.3 Å². The number of Topliss-reactive ketones (excluding diaryl/α,β-unsaturated/α-hetero) is 1. The van der Waals surface area contributed by atoms with Crippen LogP contribution in [-0.2, 0) is 0 Å². The van der Waals surface area contributed by atoms with E-state index in [4.69, 9.17) is 11.6 Å². The van der Waals surface area contributed by atoms with Crippen LogP contribution in [0.2, 0.25) is 5.02 Å². The van der Waals surface area contributed by atoms with Crippen LogP contribution in [0.5, 0.6) is 0 Å². The molecule has 6 heteroatoms. The van der Waals surface area contributed by atoms with Crippen molar-refractivity contribution in [2.24, 2.45) is 0 Å². The van der Waals surface area contributed by atoms with E-state index in [2.05, 4.69) is 10.3 Å². The number of rotatable bonds is 4. The molecule has 2 aromatic carbocycles. The van der Waals surface area contributed by atoms with Crippen molar-refractivity contribution in [2.45, 2.75) is 51.7 Å². The van der Waals surface area contributed by atoms with E-state index in [1.807, 2.05) is 18.2 Å². The lowest BCUT2D eigenvalue weighted by Crippen LogP contribution is -2.30. The molecule has 0 unspecified atom stereocenters. The molecule has 156 valence electrons. The van der Waals surface area contributed by atoms with Crippen molar-refractivity contribution in [1.29, 1.82) is 0 Å². The lowest BCUT2D eigenvalue weighted by atomic mass is 9.92. The van der Waals surface area contributed by atoms with Crippen molar-refractivity contribution >= 4 is 34.0 Å². The summed E-state index contributed by atoms with van der Waals surface area (Å²) in [6, 6.07) is 8.94. The number of fused-ring (bicyclic) bond motifs is 1. The molecule has 4 rings (SSSR count). The van der Waals surface area contributed by atoms with Crippen molar-refractivity contribution in [1.82, 2.24) is 4.98 Å². The van der Waals surface area contributed by atoms with Crippen molar-refractivity contribution in [2.75, 3.05) is 5.32 Å². The fourth-order valence-electron chi connectivity index (χ4n) is 4.11. The SMILES string of the molecule is CC(=O)c1cnc2ccc(-c3cc(F)c(C)c(Cl)c3)cc2c1N[C@H]1CCC[C@H](O)C1. The number of carbonyl (C=O) groups excluding carboxylic acids is 1. The van der Waals surface area contributed by atoms with Crippen LogP contribution in [0.15, 0.2) is 36.5 Å². The van der Waals surface area contributed by atoms with E-state index in [0.29, 0.717) is 33.8 Å². The first-order valence-corrected chi connectivity index (χ1v) is 10.6. The maximum absolute atomic E-state index is 14.3. The molecule has 1 saturated carbocycles. The highest BCUT2D eigenvalue weighted by Gasteiger charge is 2.23. The number of carbonyl (C=O) groups is 1. The van der Waals surface area contributed by atoms with E-state index in [1.54, 1.807) is 19.2 Å². The van der Waals surface area contributed by atoms with Crippen LogP contribution >= 0.6 is 11.6 Å². The third-order valence-corrected chi connectivity index (χ3v) is 6.25. The first-order valence-electron chi connectivity index (χ1n) is 10.2. The minimum Gasteiger partial charge on any atom is -0.393 e. The molecule has 1 aromatic heterocycles. The summed E-state index contributed by atoms with van der Waals surface area (Å²) in [6.07, 6.45) is 4.56. The Morgan fingerprint density at radius 2 is 2.03 bits per heavy atom. The third-order valence-electron chi connectivity index (χ3n) is 5.86. The summed E-state index contributed by atoms with van der Waals surface area (Å²) in [4.78, 5) is 16.7. The highest BCUT2D eigenvalue weighted by atomic mass is 35.5.